The monoisotopic (exact) mass is 1330 g/mol. The van der Waals surface area contributed by atoms with Gasteiger partial charge in [0.15, 0.2) is 0 Å². The van der Waals surface area contributed by atoms with Crippen LogP contribution in [-0.4, -0.2) is 22.2 Å². The van der Waals surface area contributed by atoms with Gasteiger partial charge in [0.25, 0.3) is 0 Å². The third-order valence-electron chi connectivity index (χ3n) is 21.8. The molecule has 0 heterocycles. The molecular weight excluding hydrogens is 1140 g/mol. The lowest BCUT2D eigenvalue weighted by molar-refractivity contribution is -0.143. The van der Waals surface area contributed by atoms with Gasteiger partial charge in [-0.15, -0.1) is 0 Å². The summed E-state index contributed by atoms with van der Waals surface area (Å²) < 4.78 is 0. The molecule has 0 aromatic rings. The Balaban J connectivity index is 0. The molecule has 0 fully saturated rings. The molecule has 2 atom stereocenters. The molecule has 0 aliphatic carbocycles. The quantitative estimate of drug-likeness (QED) is 0.0595. The zero-order chi connectivity index (χ0) is 68.3. The number of carbonyl (C=O) groups is 2. The third-order valence-corrected chi connectivity index (χ3v) is 21.8. The first-order valence-electron chi connectivity index (χ1n) is 44.9. The van der Waals surface area contributed by atoms with E-state index in [4.69, 9.17) is 0 Å². The second-order valence-electron chi connectivity index (χ2n) is 31.4. The van der Waals surface area contributed by atoms with Crippen LogP contribution in [0.1, 0.15) is 554 Å². The molecule has 0 aliphatic rings. The highest BCUT2D eigenvalue weighted by molar-refractivity contribution is 5.70. The molecule has 0 rings (SSSR count). The minimum Gasteiger partial charge on any atom is -0.481 e. The van der Waals surface area contributed by atoms with Gasteiger partial charge in [0.05, 0.1) is 11.8 Å². The minimum absolute atomic E-state index is 0.0995. The lowest BCUT2D eigenvalue weighted by Gasteiger charge is -2.12. The predicted octanol–water partition coefficient (Wildman–Crippen LogP) is 33.4. The summed E-state index contributed by atoms with van der Waals surface area (Å²) in [5, 5.41) is 19.3. The number of hydrogen-bond acceptors (Lipinski definition) is 2. The number of aliphatic carboxylic acids is 2. The van der Waals surface area contributed by atoms with Crippen molar-refractivity contribution in [1.82, 2.24) is 0 Å². The smallest absolute Gasteiger partial charge is 0.306 e. The average molecular weight is 1330 g/mol. The first-order chi connectivity index (χ1) is 46.4. The topological polar surface area (TPSA) is 74.6 Å². The summed E-state index contributed by atoms with van der Waals surface area (Å²) in [6.07, 6.45) is 112. The largest absolute Gasteiger partial charge is 0.481 e. The molecule has 2 N–H and O–H groups in total. The summed E-state index contributed by atoms with van der Waals surface area (Å²) in [7, 11) is 0. The van der Waals surface area contributed by atoms with Crippen molar-refractivity contribution in [2.75, 3.05) is 0 Å². The predicted molar refractivity (Wildman–Crippen MR) is 424 cm³/mol. The molecule has 0 radical (unpaired) electrons. The lowest BCUT2D eigenvalue weighted by Crippen LogP contribution is -2.13. The zero-order valence-corrected chi connectivity index (χ0v) is 65.8. The van der Waals surface area contributed by atoms with Crippen molar-refractivity contribution in [3.63, 3.8) is 0 Å². The molecule has 2 unspecified atom stereocenters. The van der Waals surface area contributed by atoms with Gasteiger partial charge in [-0.2, -0.15) is 0 Å². The molecule has 4 nitrogen and oxygen atoms in total. The Morgan fingerprint density at radius 2 is 0.223 bits per heavy atom. The summed E-state index contributed by atoms with van der Waals surface area (Å²) in [6.45, 7) is 9.17. The maximum absolute atomic E-state index is 11.7. The van der Waals surface area contributed by atoms with Gasteiger partial charge in [-0.1, -0.05) is 529 Å². The Hall–Kier alpha value is -1.06. The summed E-state index contributed by atoms with van der Waals surface area (Å²) in [5.74, 6) is -1.31. The van der Waals surface area contributed by atoms with Crippen LogP contribution in [0.3, 0.4) is 0 Å². The normalized spacial score (nSPS) is 12.2. The van der Waals surface area contributed by atoms with E-state index in [0.717, 1.165) is 51.4 Å². The molecule has 564 valence electrons. The Kier molecular flexibility index (Phi) is 89.0. The molecule has 4 heteroatoms. The number of hydrogen-bond donors (Lipinski definition) is 2. The molecule has 94 heavy (non-hydrogen) atoms. The fourth-order valence-electron chi connectivity index (χ4n) is 15.0. The van der Waals surface area contributed by atoms with E-state index in [2.05, 4.69) is 27.7 Å². The number of carboxylic acids is 2. The molecule has 0 aromatic heterocycles. The van der Waals surface area contributed by atoms with Crippen molar-refractivity contribution in [2.45, 2.75) is 554 Å². The SMILES string of the molecule is CCCCCCCCCCCCCCCCCCCCCCCCCCCCC(CCCCCCCCCCCCCC)C(=O)O.CCCCCCCCCCCCCCCCCCCCCCCCCCCCCCC(CCCCCCCCCCCCCC)C(=O)O. The first kappa shape index (κ1) is 95.0. The molecule has 0 aliphatic heterocycles. The van der Waals surface area contributed by atoms with Crippen LogP contribution >= 0.6 is 0 Å². The molecule has 0 spiro atoms. The number of unbranched alkanes of at least 4 members (excludes halogenated alkanes) is 74. The zero-order valence-electron chi connectivity index (χ0n) is 65.8. The molecule has 0 amide bonds. The molecule has 0 saturated heterocycles. The standard InChI is InChI=1S/C46H92O2.C44H88O2/c1-3-5-7-9-11-13-15-17-18-19-20-21-22-23-24-25-26-27-28-29-30-31-32-34-36-38-40-42-44-45(46(47)48)43-41-39-37-35-33-16-14-12-10-8-6-4-2;1-3-5-7-9-11-13-15-17-18-19-20-21-22-23-24-25-26-27-28-29-30-32-34-36-38-40-42-43(44(45)46)41-39-37-35-33-31-16-14-12-10-8-6-4-2/h45H,3-44H2,1-2H3,(H,47,48);43H,3-42H2,1-2H3,(H,45,46). The van der Waals surface area contributed by atoms with Crippen LogP contribution < -0.4 is 0 Å². The summed E-state index contributed by atoms with van der Waals surface area (Å²) >= 11 is 0. The van der Waals surface area contributed by atoms with Crippen LogP contribution in [0.2, 0.25) is 0 Å². The van der Waals surface area contributed by atoms with Gasteiger partial charge < -0.3 is 10.2 Å². The Bertz CT molecular complexity index is 1340. The maximum Gasteiger partial charge on any atom is 0.306 e. The van der Waals surface area contributed by atoms with Gasteiger partial charge in [-0.05, 0) is 25.7 Å². The van der Waals surface area contributed by atoms with E-state index in [1.54, 1.807) is 0 Å². The second-order valence-corrected chi connectivity index (χ2v) is 31.4. The van der Waals surface area contributed by atoms with E-state index in [1.165, 1.54) is 475 Å². The lowest BCUT2D eigenvalue weighted by atomic mass is 9.94. The van der Waals surface area contributed by atoms with Crippen LogP contribution in [0.4, 0.5) is 0 Å². The summed E-state index contributed by atoms with van der Waals surface area (Å²) in [6, 6.07) is 0. The van der Waals surface area contributed by atoms with Crippen LogP contribution in [0.15, 0.2) is 0 Å². The third kappa shape index (κ3) is 85.2. The number of carboxylic acid groups (broad SMARTS) is 2. The highest BCUT2D eigenvalue weighted by atomic mass is 16.4. The van der Waals surface area contributed by atoms with Gasteiger partial charge in [0, 0.05) is 0 Å². The summed E-state index contributed by atoms with van der Waals surface area (Å²) in [4.78, 5) is 23.4. The van der Waals surface area contributed by atoms with Crippen molar-refractivity contribution in [2.24, 2.45) is 11.8 Å². The average Bonchev–Trinajstić information content (AvgIpc) is 3.46. The van der Waals surface area contributed by atoms with Gasteiger partial charge in [0.2, 0.25) is 0 Å². The van der Waals surface area contributed by atoms with Crippen molar-refractivity contribution in [3.05, 3.63) is 0 Å². The molecule has 0 saturated carbocycles. The molecule has 0 bridgehead atoms. The Morgan fingerprint density at radius 1 is 0.149 bits per heavy atom. The molecule has 0 aromatic carbocycles. The highest BCUT2D eigenvalue weighted by Crippen LogP contribution is 2.24. The highest BCUT2D eigenvalue weighted by Gasteiger charge is 2.17. The molecular formula is C90H180O4. The van der Waals surface area contributed by atoms with E-state index in [0.29, 0.717) is 0 Å². The van der Waals surface area contributed by atoms with Crippen molar-refractivity contribution in [1.29, 1.82) is 0 Å². The Morgan fingerprint density at radius 3 is 0.298 bits per heavy atom. The van der Waals surface area contributed by atoms with Crippen LogP contribution in [0.5, 0.6) is 0 Å². The van der Waals surface area contributed by atoms with Gasteiger partial charge in [-0.25, -0.2) is 0 Å². The van der Waals surface area contributed by atoms with Crippen LogP contribution in [0, 0.1) is 11.8 Å². The maximum atomic E-state index is 11.7. The Labute approximate surface area is 594 Å². The second kappa shape index (κ2) is 88.0. The van der Waals surface area contributed by atoms with Crippen LogP contribution in [-0.2, 0) is 9.59 Å². The number of rotatable bonds is 84. The van der Waals surface area contributed by atoms with Crippen molar-refractivity contribution < 1.29 is 19.8 Å². The van der Waals surface area contributed by atoms with Crippen molar-refractivity contribution >= 4 is 11.9 Å². The van der Waals surface area contributed by atoms with E-state index in [9.17, 15) is 19.8 Å². The van der Waals surface area contributed by atoms with E-state index < -0.39 is 11.9 Å². The minimum atomic E-state index is -0.553. The summed E-state index contributed by atoms with van der Waals surface area (Å²) in [5.41, 5.74) is 0. The van der Waals surface area contributed by atoms with E-state index in [1.807, 2.05) is 0 Å². The van der Waals surface area contributed by atoms with Crippen LogP contribution in [0.25, 0.3) is 0 Å². The van der Waals surface area contributed by atoms with Gasteiger partial charge in [0.1, 0.15) is 0 Å². The fourth-order valence-corrected chi connectivity index (χ4v) is 15.0. The van der Waals surface area contributed by atoms with E-state index >= 15 is 0 Å². The van der Waals surface area contributed by atoms with Crippen molar-refractivity contribution in [3.8, 4) is 0 Å². The fraction of sp³-hybridized carbons (Fsp3) is 0.978. The van der Waals surface area contributed by atoms with Gasteiger partial charge in [-0.3, -0.25) is 9.59 Å². The van der Waals surface area contributed by atoms with Gasteiger partial charge >= 0.3 is 11.9 Å². The van der Waals surface area contributed by atoms with E-state index in [-0.39, 0.29) is 11.8 Å². The first-order valence-corrected chi connectivity index (χ1v) is 44.9.